The highest BCUT2D eigenvalue weighted by Gasteiger charge is 2.33. The molecule has 0 unspecified atom stereocenters. The Balaban J connectivity index is 2.42. The minimum Gasteiger partial charge on any atom is -0.508 e. The smallest absolute Gasteiger partial charge is 0.325 e. The molecule has 324 valence electrons. The van der Waals surface area contributed by atoms with Crippen molar-refractivity contribution in [3.63, 3.8) is 0 Å². The third kappa shape index (κ3) is 18.6. The Morgan fingerprint density at radius 1 is 0.610 bits per heavy atom. The van der Waals surface area contributed by atoms with Crippen LogP contribution in [-0.2, 0) is 46.4 Å². The number of aromatic hydroxyl groups is 2. The predicted octanol–water partition coefficient (Wildman–Crippen LogP) is -2.21. The fourth-order valence-electron chi connectivity index (χ4n) is 5.57. The van der Waals surface area contributed by atoms with Gasteiger partial charge in [-0.05, 0) is 87.4 Å². The molecule has 2 aromatic rings. The predicted molar refractivity (Wildman–Crippen MR) is 214 cm³/mol. The zero-order valence-corrected chi connectivity index (χ0v) is 32.8. The van der Waals surface area contributed by atoms with Crippen LogP contribution in [0.25, 0.3) is 0 Å². The Labute approximate surface area is 340 Å². The van der Waals surface area contributed by atoms with E-state index in [0.29, 0.717) is 30.4 Å². The summed E-state index contributed by atoms with van der Waals surface area (Å²) in [5, 5.41) is 50.9. The van der Waals surface area contributed by atoms with Crippen LogP contribution in [0.5, 0.6) is 11.5 Å². The third-order valence-electron chi connectivity index (χ3n) is 8.91. The van der Waals surface area contributed by atoms with Gasteiger partial charge in [0.1, 0.15) is 41.7 Å². The van der Waals surface area contributed by atoms with Gasteiger partial charge in [-0.15, -0.1) is 0 Å². The molecule has 2 aromatic carbocycles. The number of aliphatic carboxylic acids is 2. The van der Waals surface area contributed by atoms with Crippen LogP contribution < -0.4 is 49.5 Å². The Bertz CT molecular complexity index is 1760. The van der Waals surface area contributed by atoms with Crippen LogP contribution in [-0.4, -0.2) is 117 Å². The molecule has 59 heavy (non-hydrogen) atoms. The number of nitrogens with two attached hydrogens (primary N) is 4. The fourth-order valence-corrected chi connectivity index (χ4v) is 5.57. The lowest BCUT2D eigenvalue weighted by atomic mass is 10.0. The minimum atomic E-state index is -1.55. The van der Waals surface area contributed by atoms with Crippen molar-refractivity contribution in [2.24, 2.45) is 27.9 Å². The summed E-state index contributed by atoms with van der Waals surface area (Å²) in [5.41, 5.74) is 23.2. The van der Waals surface area contributed by atoms with Gasteiger partial charge in [0, 0.05) is 25.8 Å². The number of carbonyl (C=O) groups excluding carboxylic acids is 5. The van der Waals surface area contributed by atoms with Crippen LogP contribution in [0.3, 0.4) is 0 Å². The first-order valence-electron chi connectivity index (χ1n) is 18.9. The number of carboxylic acids is 2. The van der Waals surface area contributed by atoms with E-state index in [-0.39, 0.29) is 56.2 Å². The van der Waals surface area contributed by atoms with Gasteiger partial charge in [0.15, 0.2) is 5.96 Å². The van der Waals surface area contributed by atoms with E-state index < -0.39 is 90.6 Å². The highest BCUT2D eigenvalue weighted by molar-refractivity contribution is 5.96. The number of nitrogens with one attached hydrogen (secondary N) is 5. The molecule has 6 atom stereocenters. The largest absolute Gasteiger partial charge is 0.508 e. The fraction of sp³-hybridized carbons (Fsp3) is 0.474. The number of guanidine groups is 1. The lowest BCUT2D eigenvalue weighted by Gasteiger charge is -2.27. The SMILES string of the molecule is C[C@H](NC(=O)[C@H](Cc1ccc(O)cc1)NC(=O)[C@H](Cc1ccc(O)cc1)NC(=O)[C@H](CCC(=O)O)NC(=O)[C@H](CCCCN)NC(=O)[C@@H](N)CCCN=C(N)N)C(=O)O. The monoisotopic (exact) mass is 828 g/mol. The molecule has 0 aromatic heterocycles. The van der Waals surface area contributed by atoms with E-state index in [1.165, 1.54) is 55.5 Å². The summed E-state index contributed by atoms with van der Waals surface area (Å²) in [4.78, 5) is 95.0. The van der Waals surface area contributed by atoms with Gasteiger partial charge in [-0.1, -0.05) is 24.3 Å². The van der Waals surface area contributed by atoms with Crippen LogP contribution in [0.2, 0.25) is 0 Å². The van der Waals surface area contributed by atoms with Crippen molar-refractivity contribution < 1.29 is 54.0 Å². The zero-order valence-electron chi connectivity index (χ0n) is 32.8. The molecule has 2 rings (SSSR count). The van der Waals surface area contributed by atoms with E-state index in [1.54, 1.807) is 0 Å². The minimum absolute atomic E-state index is 0.0664. The average molecular weight is 829 g/mol. The van der Waals surface area contributed by atoms with Crippen LogP contribution in [0, 0.1) is 0 Å². The van der Waals surface area contributed by atoms with Crippen molar-refractivity contribution in [1.82, 2.24) is 26.6 Å². The maximum atomic E-state index is 14.0. The molecule has 0 aliphatic rings. The van der Waals surface area contributed by atoms with Crippen LogP contribution in [0.1, 0.15) is 63.0 Å². The summed E-state index contributed by atoms with van der Waals surface area (Å²) < 4.78 is 0. The van der Waals surface area contributed by atoms with Crippen molar-refractivity contribution in [3.8, 4) is 11.5 Å². The van der Waals surface area contributed by atoms with E-state index in [9.17, 15) is 54.0 Å². The van der Waals surface area contributed by atoms with Crippen molar-refractivity contribution >= 4 is 47.4 Å². The molecule has 21 heteroatoms. The molecule has 0 saturated carbocycles. The number of aliphatic imine (C=N–C) groups is 1. The second-order valence-electron chi connectivity index (χ2n) is 13.8. The topological polar surface area (TPSA) is 377 Å². The van der Waals surface area contributed by atoms with Crippen molar-refractivity contribution in [1.29, 1.82) is 0 Å². The molecule has 0 aliphatic heterocycles. The molecular formula is C38H56N10O11. The Morgan fingerprint density at radius 2 is 1.05 bits per heavy atom. The van der Waals surface area contributed by atoms with E-state index in [2.05, 4.69) is 31.6 Å². The number of hydrogen-bond donors (Lipinski definition) is 13. The van der Waals surface area contributed by atoms with Crippen LogP contribution >= 0.6 is 0 Å². The maximum absolute atomic E-state index is 14.0. The Morgan fingerprint density at radius 3 is 1.51 bits per heavy atom. The van der Waals surface area contributed by atoms with Gasteiger partial charge in [0.2, 0.25) is 29.5 Å². The van der Waals surface area contributed by atoms with Crippen molar-refractivity contribution in [2.45, 2.75) is 101 Å². The third-order valence-corrected chi connectivity index (χ3v) is 8.91. The molecule has 0 radical (unpaired) electrons. The molecule has 21 nitrogen and oxygen atoms in total. The quantitative estimate of drug-likeness (QED) is 0.0272. The molecular weight excluding hydrogens is 772 g/mol. The van der Waals surface area contributed by atoms with Gasteiger partial charge < -0.3 is 69.9 Å². The summed E-state index contributed by atoms with van der Waals surface area (Å²) in [6.07, 6.45) is 0.0671. The van der Waals surface area contributed by atoms with Crippen molar-refractivity contribution in [3.05, 3.63) is 59.7 Å². The number of phenolic OH excluding ortho intramolecular Hbond substituents is 2. The van der Waals surface area contributed by atoms with E-state index in [1.807, 2.05) is 0 Å². The number of hydrogen-bond acceptors (Lipinski definition) is 12. The molecule has 5 amide bonds. The Hall–Kier alpha value is -6.48. The highest BCUT2D eigenvalue weighted by atomic mass is 16.4. The first kappa shape index (κ1) is 48.7. The lowest BCUT2D eigenvalue weighted by molar-refractivity contribution is -0.142. The summed E-state index contributed by atoms with van der Waals surface area (Å²) in [6.45, 7) is 1.72. The van der Waals surface area contributed by atoms with Crippen molar-refractivity contribution in [2.75, 3.05) is 13.1 Å². The average Bonchev–Trinajstić information content (AvgIpc) is 3.18. The standard InChI is InChI=1S/C38H56N10O11/c1-21(37(58)59)44-35(56)29(19-22-7-11-24(49)12-8-22)48-36(57)30(20-23-9-13-25(50)14-10-23)47-34(55)28(15-16-31(51)52)46-33(54)27(6-2-3-17-39)45-32(53)26(40)5-4-18-43-38(41)42/h7-14,21,26-30,49-50H,2-6,15-20,39-40H2,1H3,(H,44,56)(H,45,53)(H,46,54)(H,47,55)(H,48,57)(H,51,52)(H,58,59)(H4,41,42,43)/t21-,26-,27-,28-,29-,30-/m0/s1. The molecule has 0 heterocycles. The molecule has 17 N–H and O–H groups in total. The number of benzene rings is 2. The second-order valence-corrected chi connectivity index (χ2v) is 13.8. The number of amides is 5. The van der Waals surface area contributed by atoms with Gasteiger partial charge in [0.25, 0.3) is 0 Å². The van der Waals surface area contributed by atoms with Gasteiger partial charge >= 0.3 is 11.9 Å². The number of rotatable bonds is 26. The molecule has 0 bridgehead atoms. The first-order valence-corrected chi connectivity index (χ1v) is 18.9. The number of carbonyl (C=O) groups is 7. The summed E-state index contributed by atoms with van der Waals surface area (Å²) >= 11 is 0. The van der Waals surface area contributed by atoms with E-state index >= 15 is 0 Å². The van der Waals surface area contributed by atoms with E-state index in [0.717, 1.165) is 0 Å². The highest BCUT2D eigenvalue weighted by Crippen LogP contribution is 2.15. The number of unbranched alkanes of at least 4 members (excludes halogenated alkanes) is 1. The van der Waals surface area contributed by atoms with Gasteiger partial charge in [0.05, 0.1) is 6.04 Å². The number of phenols is 2. The first-order chi connectivity index (χ1) is 27.9. The second kappa shape index (κ2) is 25.0. The molecule has 0 saturated heterocycles. The van der Waals surface area contributed by atoms with Gasteiger partial charge in [-0.3, -0.25) is 38.6 Å². The van der Waals surface area contributed by atoms with E-state index in [4.69, 9.17) is 22.9 Å². The Kier molecular flexibility index (Phi) is 20.6. The molecule has 0 fully saturated rings. The molecule has 0 spiro atoms. The number of nitrogens with zero attached hydrogens (tertiary/aromatic N) is 1. The van der Waals surface area contributed by atoms with Crippen LogP contribution in [0.4, 0.5) is 0 Å². The van der Waals surface area contributed by atoms with Crippen LogP contribution in [0.15, 0.2) is 53.5 Å². The number of carboxylic acid groups (broad SMARTS) is 2. The van der Waals surface area contributed by atoms with Gasteiger partial charge in [-0.2, -0.15) is 0 Å². The summed E-state index contributed by atoms with van der Waals surface area (Å²) in [7, 11) is 0. The van der Waals surface area contributed by atoms with Gasteiger partial charge in [-0.25, -0.2) is 0 Å². The molecule has 0 aliphatic carbocycles. The summed E-state index contributed by atoms with van der Waals surface area (Å²) in [6, 6.07) is 3.26. The maximum Gasteiger partial charge on any atom is 0.325 e. The summed E-state index contributed by atoms with van der Waals surface area (Å²) in [5.74, 6) is -7.22. The normalized spacial score (nSPS) is 13.9. The lowest BCUT2D eigenvalue weighted by Crippen LogP contribution is -2.60. The zero-order chi connectivity index (χ0) is 44.1.